The van der Waals surface area contributed by atoms with Gasteiger partial charge in [0, 0.05) is 5.75 Å². The highest BCUT2D eigenvalue weighted by molar-refractivity contribution is 7.99. The first-order valence-corrected chi connectivity index (χ1v) is 7.26. The summed E-state index contributed by atoms with van der Waals surface area (Å²) in [6, 6.07) is 0. The lowest BCUT2D eigenvalue weighted by molar-refractivity contribution is -0.158. The molecule has 1 aliphatic heterocycles. The molecule has 4 heteroatoms. The summed E-state index contributed by atoms with van der Waals surface area (Å²) in [6.07, 6.45) is 3.33. The van der Waals surface area contributed by atoms with Crippen LogP contribution in [0.25, 0.3) is 0 Å². The first kappa shape index (κ1) is 13.8. The Bertz CT molecular complexity index is 224. The van der Waals surface area contributed by atoms with Gasteiger partial charge in [-0.1, -0.05) is 13.3 Å². The van der Waals surface area contributed by atoms with Gasteiger partial charge in [-0.05, 0) is 31.9 Å². The molecule has 0 aromatic rings. The van der Waals surface area contributed by atoms with Gasteiger partial charge in [-0.3, -0.25) is 4.79 Å². The molecule has 3 nitrogen and oxygen atoms in total. The number of hydrogen-bond donors (Lipinski definition) is 1. The Balaban J connectivity index is 2.70. The largest absolute Gasteiger partial charge is 0.466 e. The van der Waals surface area contributed by atoms with Crippen molar-refractivity contribution in [3.05, 3.63) is 0 Å². The first-order valence-electron chi connectivity index (χ1n) is 6.10. The number of aliphatic hydroxyl groups is 1. The molecule has 1 N–H and O–H groups in total. The van der Waals surface area contributed by atoms with Crippen molar-refractivity contribution < 1.29 is 14.6 Å². The average Bonchev–Trinajstić information content (AvgIpc) is 2.27. The van der Waals surface area contributed by atoms with Gasteiger partial charge in [0.1, 0.15) is 0 Å². The number of carbonyl (C=O) groups is 1. The fourth-order valence-electron chi connectivity index (χ4n) is 2.21. The minimum absolute atomic E-state index is 0.227. The maximum absolute atomic E-state index is 11.8. The van der Waals surface area contributed by atoms with Crippen LogP contribution in [-0.4, -0.2) is 34.8 Å². The molecule has 1 fully saturated rings. The van der Waals surface area contributed by atoms with E-state index in [0.717, 1.165) is 31.4 Å². The number of carbonyl (C=O) groups excluding carboxylic acids is 1. The van der Waals surface area contributed by atoms with Crippen molar-refractivity contribution in [2.75, 3.05) is 18.1 Å². The molecular weight excluding hydrogens is 224 g/mol. The van der Waals surface area contributed by atoms with Gasteiger partial charge in [0.05, 0.1) is 18.1 Å². The summed E-state index contributed by atoms with van der Waals surface area (Å²) >= 11 is 1.73. The van der Waals surface area contributed by atoms with Crippen LogP contribution in [0.2, 0.25) is 0 Å². The number of rotatable bonds is 5. The van der Waals surface area contributed by atoms with Crippen molar-refractivity contribution in [1.29, 1.82) is 0 Å². The van der Waals surface area contributed by atoms with E-state index in [2.05, 4.69) is 0 Å². The van der Waals surface area contributed by atoms with Crippen LogP contribution < -0.4 is 0 Å². The fraction of sp³-hybridized carbons (Fsp3) is 0.917. The van der Waals surface area contributed by atoms with E-state index in [-0.39, 0.29) is 11.9 Å². The summed E-state index contributed by atoms with van der Waals surface area (Å²) in [5.41, 5.74) is -0.842. The molecule has 2 unspecified atom stereocenters. The van der Waals surface area contributed by atoms with Crippen molar-refractivity contribution in [1.82, 2.24) is 0 Å². The van der Waals surface area contributed by atoms with Gasteiger partial charge in [-0.2, -0.15) is 11.8 Å². The zero-order chi connectivity index (χ0) is 12.0. The third-order valence-electron chi connectivity index (χ3n) is 3.05. The Morgan fingerprint density at radius 2 is 2.31 bits per heavy atom. The third-order valence-corrected chi connectivity index (χ3v) is 4.33. The van der Waals surface area contributed by atoms with E-state index < -0.39 is 5.60 Å². The minimum Gasteiger partial charge on any atom is -0.466 e. The molecule has 0 aromatic carbocycles. The molecule has 1 rings (SSSR count). The number of ether oxygens (including phenoxy) is 1. The van der Waals surface area contributed by atoms with Crippen LogP contribution >= 0.6 is 11.8 Å². The smallest absolute Gasteiger partial charge is 0.311 e. The summed E-state index contributed by atoms with van der Waals surface area (Å²) in [5, 5.41) is 10.5. The highest BCUT2D eigenvalue weighted by Crippen LogP contribution is 2.35. The standard InChI is InChI=1S/C12H22O3S/c1-3-6-10(11(13)15-4-2)12(14)7-5-8-16-9-12/h10,14H,3-9H2,1-2H3. The van der Waals surface area contributed by atoms with Gasteiger partial charge >= 0.3 is 5.97 Å². The van der Waals surface area contributed by atoms with Crippen LogP contribution in [0.15, 0.2) is 0 Å². The van der Waals surface area contributed by atoms with Crippen LogP contribution in [0.3, 0.4) is 0 Å². The normalized spacial score (nSPS) is 27.4. The van der Waals surface area contributed by atoms with E-state index in [4.69, 9.17) is 4.74 Å². The van der Waals surface area contributed by atoms with Crippen molar-refractivity contribution in [2.45, 2.75) is 45.1 Å². The lowest BCUT2D eigenvalue weighted by atomic mass is 9.82. The molecule has 0 radical (unpaired) electrons. The zero-order valence-electron chi connectivity index (χ0n) is 10.2. The van der Waals surface area contributed by atoms with Crippen LogP contribution in [-0.2, 0) is 9.53 Å². The molecular formula is C12H22O3S. The van der Waals surface area contributed by atoms with E-state index in [1.807, 2.05) is 6.92 Å². The lowest BCUT2D eigenvalue weighted by Gasteiger charge is -2.37. The predicted octanol–water partition coefficient (Wildman–Crippen LogP) is 2.22. The maximum Gasteiger partial charge on any atom is 0.311 e. The van der Waals surface area contributed by atoms with Crippen LogP contribution in [0.1, 0.15) is 39.5 Å². The Hall–Kier alpha value is -0.220. The second-order valence-electron chi connectivity index (χ2n) is 4.35. The van der Waals surface area contributed by atoms with E-state index in [0.29, 0.717) is 12.4 Å². The summed E-state index contributed by atoms with van der Waals surface area (Å²) < 4.78 is 5.07. The van der Waals surface area contributed by atoms with Crippen molar-refractivity contribution in [3.63, 3.8) is 0 Å². The average molecular weight is 246 g/mol. The molecule has 0 amide bonds. The lowest BCUT2D eigenvalue weighted by Crippen LogP contribution is -2.47. The SMILES string of the molecule is CCCC(C(=O)OCC)C1(O)CCCSC1. The predicted molar refractivity (Wildman–Crippen MR) is 66.5 cm³/mol. The van der Waals surface area contributed by atoms with Crippen LogP contribution in [0.4, 0.5) is 0 Å². The zero-order valence-corrected chi connectivity index (χ0v) is 11.0. The highest BCUT2D eigenvalue weighted by Gasteiger charge is 2.42. The minimum atomic E-state index is -0.842. The van der Waals surface area contributed by atoms with E-state index in [1.54, 1.807) is 18.7 Å². The molecule has 2 atom stereocenters. The van der Waals surface area contributed by atoms with Gasteiger partial charge in [-0.15, -0.1) is 0 Å². The molecule has 0 saturated carbocycles. The Morgan fingerprint density at radius 3 is 2.81 bits per heavy atom. The monoisotopic (exact) mass is 246 g/mol. The maximum atomic E-state index is 11.8. The molecule has 1 aliphatic rings. The van der Waals surface area contributed by atoms with Crippen molar-refractivity contribution in [3.8, 4) is 0 Å². The van der Waals surface area contributed by atoms with Crippen LogP contribution in [0, 0.1) is 5.92 Å². The third kappa shape index (κ3) is 3.39. The second-order valence-corrected chi connectivity index (χ2v) is 5.46. The van der Waals surface area contributed by atoms with E-state index in [1.165, 1.54) is 0 Å². The Morgan fingerprint density at radius 1 is 1.56 bits per heavy atom. The van der Waals surface area contributed by atoms with Gasteiger partial charge in [0.25, 0.3) is 0 Å². The van der Waals surface area contributed by atoms with Crippen LogP contribution in [0.5, 0.6) is 0 Å². The molecule has 1 heterocycles. The molecule has 94 valence electrons. The molecule has 0 aliphatic carbocycles. The molecule has 0 aromatic heterocycles. The van der Waals surface area contributed by atoms with Gasteiger partial charge in [-0.25, -0.2) is 0 Å². The number of hydrogen-bond acceptors (Lipinski definition) is 4. The Labute approximate surface area is 102 Å². The van der Waals surface area contributed by atoms with Crippen molar-refractivity contribution >= 4 is 17.7 Å². The summed E-state index contributed by atoms with van der Waals surface area (Å²) in [5.74, 6) is 1.18. The number of thioether (sulfide) groups is 1. The van der Waals surface area contributed by atoms with Crippen molar-refractivity contribution in [2.24, 2.45) is 5.92 Å². The molecule has 0 bridgehead atoms. The topological polar surface area (TPSA) is 46.5 Å². The molecule has 1 saturated heterocycles. The van der Waals surface area contributed by atoms with E-state index >= 15 is 0 Å². The number of esters is 1. The molecule has 0 spiro atoms. The summed E-state index contributed by atoms with van der Waals surface area (Å²) in [4.78, 5) is 11.8. The van der Waals surface area contributed by atoms with Gasteiger partial charge in [0.2, 0.25) is 0 Å². The van der Waals surface area contributed by atoms with E-state index in [9.17, 15) is 9.90 Å². The highest BCUT2D eigenvalue weighted by atomic mass is 32.2. The summed E-state index contributed by atoms with van der Waals surface area (Å²) in [7, 11) is 0. The van der Waals surface area contributed by atoms with Gasteiger partial charge < -0.3 is 9.84 Å². The first-order chi connectivity index (χ1) is 7.64. The Kier molecular flexibility index (Phi) is 5.62. The quantitative estimate of drug-likeness (QED) is 0.756. The van der Waals surface area contributed by atoms with Gasteiger partial charge in [0.15, 0.2) is 0 Å². The summed E-state index contributed by atoms with van der Waals surface area (Å²) in [6.45, 7) is 4.23. The fourth-order valence-corrected chi connectivity index (χ4v) is 3.41. The second kappa shape index (κ2) is 6.50. The molecule has 16 heavy (non-hydrogen) atoms.